The van der Waals surface area contributed by atoms with Crippen LogP contribution in [0.4, 0.5) is 0 Å². The zero-order valence-corrected chi connectivity index (χ0v) is 11.1. The molecular weight excluding hydrogens is 196 g/mol. The average Bonchev–Trinajstić information content (AvgIpc) is 2.95. The molecule has 0 unspecified atom stereocenters. The molecule has 0 aromatic rings. The predicted octanol–water partition coefficient (Wildman–Crippen LogP) is 2.11. The number of nitrogens with one attached hydrogen (secondary N) is 1. The van der Waals surface area contributed by atoms with Gasteiger partial charge in [-0.05, 0) is 52.5 Å². The SMILES string of the molecule is C#CCN(CCCNC(C)(C)C)CC1CC1. The topological polar surface area (TPSA) is 15.3 Å². The Morgan fingerprint density at radius 3 is 2.56 bits per heavy atom. The third-order valence-electron chi connectivity index (χ3n) is 2.83. The highest BCUT2D eigenvalue weighted by atomic mass is 15.1. The Morgan fingerprint density at radius 2 is 2.06 bits per heavy atom. The quantitative estimate of drug-likeness (QED) is 0.524. The van der Waals surface area contributed by atoms with E-state index in [1.165, 1.54) is 25.8 Å². The van der Waals surface area contributed by atoms with Crippen LogP contribution in [0, 0.1) is 18.3 Å². The van der Waals surface area contributed by atoms with Crippen molar-refractivity contribution in [3.8, 4) is 12.3 Å². The normalized spacial score (nSPS) is 16.4. The molecule has 0 spiro atoms. The van der Waals surface area contributed by atoms with Crippen LogP contribution < -0.4 is 5.32 Å². The van der Waals surface area contributed by atoms with E-state index in [4.69, 9.17) is 6.42 Å². The summed E-state index contributed by atoms with van der Waals surface area (Å²) in [6.07, 6.45) is 9.39. The van der Waals surface area contributed by atoms with Crippen LogP contribution in [0.3, 0.4) is 0 Å². The summed E-state index contributed by atoms with van der Waals surface area (Å²) in [6, 6.07) is 0. The molecule has 0 bridgehead atoms. The van der Waals surface area contributed by atoms with Crippen LogP contribution in [0.2, 0.25) is 0 Å². The van der Waals surface area contributed by atoms with Gasteiger partial charge in [-0.1, -0.05) is 5.92 Å². The molecule has 0 saturated heterocycles. The Kier molecular flexibility index (Phi) is 5.31. The molecule has 1 rings (SSSR count). The maximum atomic E-state index is 5.39. The van der Waals surface area contributed by atoms with Crippen LogP contribution in [0.15, 0.2) is 0 Å². The summed E-state index contributed by atoms with van der Waals surface area (Å²) in [6.45, 7) is 10.8. The standard InChI is InChI=1S/C14H26N2/c1-5-10-16(12-13-7-8-13)11-6-9-15-14(2,3)4/h1,13,15H,6-12H2,2-4H3. The number of terminal acetylenes is 1. The first-order valence-corrected chi connectivity index (χ1v) is 6.42. The van der Waals surface area contributed by atoms with E-state index in [0.717, 1.165) is 25.6 Å². The zero-order chi connectivity index (χ0) is 12.0. The molecule has 0 radical (unpaired) electrons. The largest absolute Gasteiger partial charge is 0.312 e. The predicted molar refractivity (Wildman–Crippen MR) is 70.4 cm³/mol. The van der Waals surface area contributed by atoms with Gasteiger partial charge in [0.2, 0.25) is 0 Å². The summed E-state index contributed by atoms with van der Waals surface area (Å²) in [5.41, 5.74) is 0.230. The number of nitrogens with zero attached hydrogens (tertiary/aromatic N) is 1. The fourth-order valence-corrected chi connectivity index (χ4v) is 1.80. The van der Waals surface area contributed by atoms with Gasteiger partial charge in [0.25, 0.3) is 0 Å². The first kappa shape index (κ1) is 13.5. The van der Waals surface area contributed by atoms with Gasteiger partial charge >= 0.3 is 0 Å². The lowest BCUT2D eigenvalue weighted by Crippen LogP contribution is -2.38. The molecule has 16 heavy (non-hydrogen) atoms. The molecular formula is C14H26N2. The summed E-state index contributed by atoms with van der Waals surface area (Å²) in [5, 5.41) is 3.51. The van der Waals surface area contributed by atoms with Gasteiger partial charge in [0.1, 0.15) is 0 Å². The van der Waals surface area contributed by atoms with Crippen molar-refractivity contribution in [2.75, 3.05) is 26.2 Å². The molecule has 0 heterocycles. The van der Waals surface area contributed by atoms with Crippen molar-refractivity contribution >= 4 is 0 Å². The minimum Gasteiger partial charge on any atom is -0.312 e. The van der Waals surface area contributed by atoms with Gasteiger partial charge in [-0.15, -0.1) is 6.42 Å². The first-order valence-electron chi connectivity index (χ1n) is 6.42. The molecule has 0 aromatic carbocycles. The van der Waals surface area contributed by atoms with Gasteiger partial charge in [0.05, 0.1) is 6.54 Å². The molecule has 1 N–H and O–H groups in total. The van der Waals surface area contributed by atoms with E-state index in [-0.39, 0.29) is 5.54 Å². The summed E-state index contributed by atoms with van der Waals surface area (Å²) in [7, 11) is 0. The van der Waals surface area contributed by atoms with Crippen LogP contribution in [-0.4, -0.2) is 36.6 Å². The van der Waals surface area contributed by atoms with Gasteiger partial charge in [0.15, 0.2) is 0 Å². The smallest absolute Gasteiger partial charge is 0.0599 e. The van der Waals surface area contributed by atoms with Gasteiger partial charge < -0.3 is 5.32 Å². The van der Waals surface area contributed by atoms with E-state index in [9.17, 15) is 0 Å². The third-order valence-corrected chi connectivity index (χ3v) is 2.83. The first-order chi connectivity index (χ1) is 7.51. The molecule has 0 amide bonds. The molecule has 92 valence electrons. The maximum absolute atomic E-state index is 5.39. The summed E-state index contributed by atoms with van der Waals surface area (Å²) < 4.78 is 0. The van der Waals surface area contributed by atoms with Gasteiger partial charge in [0, 0.05) is 18.6 Å². The highest BCUT2D eigenvalue weighted by molar-refractivity contribution is 4.90. The monoisotopic (exact) mass is 222 g/mol. The fourth-order valence-electron chi connectivity index (χ4n) is 1.80. The fraction of sp³-hybridized carbons (Fsp3) is 0.857. The molecule has 1 aliphatic carbocycles. The Bertz CT molecular complexity index is 230. The van der Waals surface area contributed by atoms with E-state index in [0.29, 0.717) is 0 Å². The lowest BCUT2D eigenvalue weighted by Gasteiger charge is -2.23. The molecule has 1 saturated carbocycles. The van der Waals surface area contributed by atoms with Crippen molar-refractivity contribution in [3.05, 3.63) is 0 Å². The van der Waals surface area contributed by atoms with E-state index < -0.39 is 0 Å². The van der Waals surface area contributed by atoms with Crippen LogP contribution in [0.1, 0.15) is 40.0 Å². The second kappa shape index (κ2) is 6.27. The maximum Gasteiger partial charge on any atom is 0.0599 e. The minimum absolute atomic E-state index is 0.230. The van der Waals surface area contributed by atoms with Crippen molar-refractivity contribution in [1.29, 1.82) is 0 Å². The van der Waals surface area contributed by atoms with E-state index in [1.807, 2.05) is 0 Å². The molecule has 2 heteroatoms. The number of rotatable bonds is 7. The van der Waals surface area contributed by atoms with Crippen molar-refractivity contribution in [2.45, 2.75) is 45.6 Å². The Morgan fingerprint density at radius 1 is 1.38 bits per heavy atom. The van der Waals surface area contributed by atoms with Crippen LogP contribution in [-0.2, 0) is 0 Å². The molecule has 0 aliphatic heterocycles. The molecule has 1 aliphatic rings. The van der Waals surface area contributed by atoms with Crippen molar-refractivity contribution < 1.29 is 0 Å². The third kappa shape index (κ3) is 6.87. The van der Waals surface area contributed by atoms with Gasteiger partial charge in [-0.25, -0.2) is 0 Å². The van der Waals surface area contributed by atoms with Gasteiger partial charge in [-0.3, -0.25) is 4.90 Å². The van der Waals surface area contributed by atoms with Crippen molar-refractivity contribution in [2.24, 2.45) is 5.92 Å². The lowest BCUT2D eigenvalue weighted by atomic mass is 10.1. The Balaban J connectivity index is 2.09. The van der Waals surface area contributed by atoms with Crippen molar-refractivity contribution in [3.63, 3.8) is 0 Å². The molecule has 0 aromatic heterocycles. The summed E-state index contributed by atoms with van der Waals surface area (Å²) in [4.78, 5) is 2.42. The minimum atomic E-state index is 0.230. The zero-order valence-electron chi connectivity index (χ0n) is 11.1. The van der Waals surface area contributed by atoms with E-state index in [2.05, 4.69) is 36.9 Å². The number of hydrogen-bond donors (Lipinski definition) is 1. The van der Waals surface area contributed by atoms with Gasteiger partial charge in [-0.2, -0.15) is 0 Å². The second-order valence-corrected chi connectivity index (χ2v) is 5.91. The molecule has 0 atom stereocenters. The Labute approximate surface area is 101 Å². The highest BCUT2D eigenvalue weighted by Crippen LogP contribution is 2.29. The molecule has 2 nitrogen and oxygen atoms in total. The van der Waals surface area contributed by atoms with E-state index in [1.54, 1.807) is 0 Å². The van der Waals surface area contributed by atoms with Crippen LogP contribution in [0.5, 0.6) is 0 Å². The van der Waals surface area contributed by atoms with Crippen LogP contribution >= 0.6 is 0 Å². The molecule has 1 fully saturated rings. The Hall–Kier alpha value is -0.520. The van der Waals surface area contributed by atoms with E-state index >= 15 is 0 Å². The number of hydrogen-bond acceptors (Lipinski definition) is 2. The summed E-state index contributed by atoms with van der Waals surface area (Å²) in [5.74, 6) is 3.70. The lowest BCUT2D eigenvalue weighted by molar-refractivity contribution is 0.283. The average molecular weight is 222 g/mol. The van der Waals surface area contributed by atoms with Crippen LogP contribution in [0.25, 0.3) is 0 Å². The summed E-state index contributed by atoms with van der Waals surface area (Å²) >= 11 is 0. The van der Waals surface area contributed by atoms with Crippen molar-refractivity contribution in [1.82, 2.24) is 10.2 Å². The highest BCUT2D eigenvalue weighted by Gasteiger charge is 2.23. The second-order valence-electron chi connectivity index (χ2n) is 5.91.